The highest BCUT2D eigenvalue weighted by atomic mass is 32.1. The minimum atomic E-state index is -1.56. The molecule has 0 unspecified atom stereocenters. The molecule has 2 rings (SSSR count). The number of urea groups is 1. The van der Waals surface area contributed by atoms with Gasteiger partial charge in [-0.3, -0.25) is 0 Å². The van der Waals surface area contributed by atoms with Crippen molar-refractivity contribution >= 4 is 29.0 Å². The predicted molar refractivity (Wildman–Crippen MR) is 71.3 cm³/mol. The first-order chi connectivity index (χ1) is 9.97. The van der Waals surface area contributed by atoms with E-state index < -0.39 is 34.9 Å². The zero-order chi connectivity index (χ0) is 15.4. The molecule has 0 saturated heterocycles. The summed E-state index contributed by atoms with van der Waals surface area (Å²) < 4.78 is 26.7. The number of rotatable bonds is 4. The predicted octanol–water partition coefficient (Wildman–Crippen LogP) is 2.44. The topological polar surface area (TPSA) is 91.3 Å². The van der Waals surface area contributed by atoms with Crippen LogP contribution in [-0.2, 0) is 6.54 Å². The van der Waals surface area contributed by atoms with E-state index in [1.807, 2.05) is 0 Å². The van der Waals surface area contributed by atoms with Crippen LogP contribution in [0.2, 0.25) is 0 Å². The molecule has 0 aliphatic rings. The molecule has 1 heterocycles. The summed E-state index contributed by atoms with van der Waals surface area (Å²) in [6.45, 7) is 0.137. The van der Waals surface area contributed by atoms with Crippen LogP contribution in [0.25, 0.3) is 0 Å². The number of nitrogens with zero attached hydrogens (tertiary/aromatic N) is 1. The SMILES string of the molecule is O=C(NCc1nccs1)Nc1cc(C(=O)O)c(F)cc1F. The van der Waals surface area contributed by atoms with Crippen molar-refractivity contribution in [2.24, 2.45) is 0 Å². The van der Waals surface area contributed by atoms with Crippen molar-refractivity contribution in [3.63, 3.8) is 0 Å². The Bertz CT molecular complexity index is 677. The first-order valence-corrected chi connectivity index (χ1v) is 6.51. The third-order valence-electron chi connectivity index (χ3n) is 2.42. The third-order valence-corrected chi connectivity index (χ3v) is 3.20. The summed E-state index contributed by atoms with van der Waals surface area (Å²) in [5.41, 5.74) is -1.16. The standard InChI is InChI=1S/C12H9F2N3O3S/c13-7-4-8(14)9(3-6(7)11(18)19)17-12(20)16-5-10-15-1-2-21-10/h1-4H,5H2,(H,18,19)(H2,16,17,20). The van der Waals surface area contributed by atoms with Gasteiger partial charge in [0.1, 0.15) is 16.6 Å². The van der Waals surface area contributed by atoms with Gasteiger partial charge in [0.05, 0.1) is 17.8 Å². The fraction of sp³-hybridized carbons (Fsp3) is 0.0833. The second-order valence-corrected chi connectivity index (χ2v) is 4.83. The first-order valence-electron chi connectivity index (χ1n) is 5.63. The zero-order valence-electron chi connectivity index (χ0n) is 10.4. The van der Waals surface area contributed by atoms with Crippen LogP contribution in [-0.4, -0.2) is 22.1 Å². The molecular weight excluding hydrogens is 304 g/mol. The molecule has 0 saturated carbocycles. The van der Waals surface area contributed by atoms with E-state index in [9.17, 15) is 18.4 Å². The number of anilines is 1. The second kappa shape index (κ2) is 6.27. The monoisotopic (exact) mass is 313 g/mol. The van der Waals surface area contributed by atoms with Gasteiger partial charge in [0.25, 0.3) is 0 Å². The highest BCUT2D eigenvalue weighted by molar-refractivity contribution is 7.09. The summed E-state index contributed by atoms with van der Waals surface area (Å²) in [4.78, 5) is 26.3. The summed E-state index contributed by atoms with van der Waals surface area (Å²) in [6.07, 6.45) is 1.57. The highest BCUT2D eigenvalue weighted by Gasteiger charge is 2.16. The van der Waals surface area contributed by atoms with Crippen molar-refractivity contribution in [1.29, 1.82) is 0 Å². The van der Waals surface area contributed by atoms with E-state index in [-0.39, 0.29) is 6.54 Å². The summed E-state index contributed by atoms with van der Waals surface area (Å²) in [5.74, 6) is -3.84. The van der Waals surface area contributed by atoms with Gasteiger partial charge in [-0.05, 0) is 6.07 Å². The molecular formula is C12H9F2N3O3S. The number of aromatic carboxylic acids is 1. The van der Waals surface area contributed by atoms with Crippen LogP contribution in [0.4, 0.5) is 19.3 Å². The normalized spacial score (nSPS) is 10.2. The number of hydrogen-bond donors (Lipinski definition) is 3. The molecule has 1 aromatic carbocycles. The van der Waals surface area contributed by atoms with Crippen molar-refractivity contribution in [2.45, 2.75) is 6.54 Å². The van der Waals surface area contributed by atoms with Gasteiger partial charge in [0, 0.05) is 17.6 Å². The van der Waals surface area contributed by atoms with E-state index in [1.165, 1.54) is 11.3 Å². The average Bonchev–Trinajstić information content (AvgIpc) is 2.92. The van der Waals surface area contributed by atoms with Crippen molar-refractivity contribution < 1.29 is 23.5 Å². The van der Waals surface area contributed by atoms with E-state index in [2.05, 4.69) is 15.6 Å². The molecule has 3 N–H and O–H groups in total. The van der Waals surface area contributed by atoms with Gasteiger partial charge >= 0.3 is 12.0 Å². The molecule has 0 aliphatic heterocycles. The van der Waals surface area contributed by atoms with E-state index in [0.717, 1.165) is 6.07 Å². The maximum absolute atomic E-state index is 13.5. The molecule has 1 aromatic heterocycles. The summed E-state index contributed by atoms with van der Waals surface area (Å²) in [6, 6.07) is 0.364. The number of amides is 2. The number of thiazole rings is 1. The lowest BCUT2D eigenvalue weighted by molar-refractivity contribution is 0.0692. The Labute approximate surface area is 121 Å². The number of carboxylic acids is 1. The van der Waals surface area contributed by atoms with Gasteiger partial charge in [-0.25, -0.2) is 23.4 Å². The Kier molecular flexibility index (Phi) is 4.43. The van der Waals surface area contributed by atoms with Crippen LogP contribution in [0.15, 0.2) is 23.7 Å². The molecule has 0 aliphatic carbocycles. The molecule has 9 heteroatoms. The summed E-state index contributed by atoms with van der Waals surface area (Å²) in [7, 11) is 0. The molecule has 6 nitrogen and oxygen atoms in total. The fourth-order valence-corrected chi connectivity index (χ4v) is 2.03. The highest BCUT2D eigenvalue weighted by Crippen LogP contribution is 2.19. The Hall–Kier alpha value is -2.55. The fourth-order valence-electron chi connectivity index (χ4n) is 1.47. The first kappa shape index (κ1) is 14.9. The lowest BCUT2D eigenvalue weighted by Crippen LogP contribution is -2.28. The van der Waals surface area contributed by atoms with Crippen LogP contribution < -0.4 is 10.6 Å². The third kappa shape index (κ3) is 3.72. The molecule has 2 aromatic rings. The molecule has 0 bridgehead atoms. The van der Waals surface area contributed by atoms with Gasteiger partial charge < -0.3 is 15.7 Å². The quantitative estimate of drug-likeness (QED) is 0.808. The van der Waals surface area contributed by atoms with Crippen LogP contribution >= 0.6 is 11.3 Å². The Morgan fingerprint density at radius 3 is 2.67 bits per heavy atom. The van der Waals surface area contributed by atoms with Crippen molar-refractivity contribution in [2.75, 3.05) is 5.32 Å². The van der Waals surface area contributed by atoms with Crippen LogP contribution in [0.1, 0.15) is 15.4 Å². The number of aromatic nitrogens is 1. The van der Waals surface area contributed by atoms with Crippen LogP contribution in [0.3, 0.4) is 0 Å². The maximum Gasteiger partial charge on any atom is 0.338 e. The molecule has 110 valence electrons. The summed E-state index contributed by atoms with van der Waals surface area (Å²) >= 11 is 1.33. The lowest BCUT2D eigenvalue weighted by atomic mass is 10.2. The largest absolute Gasteiger partial charge is 0.478 e. The Morgan fingerprint density at radius 2 is 2.05 bits per heavy atom. The smallest absolute Gasteiger partial charge is 0.338 e. The van der Waals surface area contributed by atoms with Gasteiger partial charge in [0.15, 0.2) is 0 Å². The van der Waals surface area contributed by atoms with E-state index in [4.69, 9.17) is 5.11 Å². The molecule has 2 amide bonds. The summed E-state index contributed by atoms with van der Waals surface area (Å²) in [5, 5.41) is 15.7. The Balaban J connectivity index is 2.06. The van der Waals surface area contributed by atoms with E-state index in [0.29, 0.717) is 11.1 Å². The van der Waals surface area contributed by atoms with Crippen molar-refractivity contribution in [3.05, 3.63) is 45.9 Å². The van der Waals surface area contributed by atoms with Gasteiger partial charge in [-0.2, -0.15) is 0 Å². The minimum Gasteiger partial charge on any atom is -0.478 e. The number of carboxylic acid groups (broad SMARTS) is 1. The van der Waals surface area contributed by atoms with Crippen molar-refractivity contribution in [1.82, 2.24) is 10.3 Å². The molecule has 0 radical (unpaired) electrons. The van der Waals surface area contributed by atoms with Gasteiger partial charge in [-0.15, -0.1) is 11.3 Å². The second-order valence-electron chi connectivity index (χ2n) is 3.85. The molecule has 0 atom stereocenters. The minimum absolute atomic E-state index is 0.137. The number of carbonyl (C=O) groups is 2. The molecule has 0 fully saturated rings. The van der Waals surface area contributed by atoms with E-state index >= 15 is 0 Å². The number of hydrogen-bond acceptors (Lipinski definition) is 4. The average molecular weight is 313 g/mol. The van der Waals surface area contributed by atoms with Crippen LogP contribution in [0, 0.1) is 11.6 Å². The van der Waals surface area contributed by atoms with E-state index in [1.54, 1.807) is 11.6 Å². The number of carbonyl (C=O) groups excluding carboxylic acids is 1. The number of benzene rings is 1. The number of nitrogens with one attached hydrogen (secondary N) is 2. The van der Waals surface area contributed by atoms with Crippen molar-refractivity contribution in [3.8, 4) is 0 Å². The van der Waals surface area contributed by atoms with Gasteiger partial charge in [-0.1, -0.05) is 0 Å². The zero-order valence-corrected chi connectivity index (χ0v) is 11.2. The Morgan fingerprint density at radius 1 is 1.29 bits per heavy atom. The van der Waals surface area contributed by atoms with Gasteiger partial charge in [0.2, 0.25) is 0 Å². The number of halogens is 2. The maximum atomic E-state index is 13.5. The molecule has 21 heavy (non-hydrogen) atoms. The van der Waals surface area contributed by atoms with Crippen LogP contribution in [0.5, 0.6) is 0 Å². The lowest BCUT2D eigenvalue weighted by Gasteiger charge is -2.09. The molecule has 0 spiro atoms.